The van der Waals surface area contributed by atoms with E-state index < -0.39 is 0 Å². The van der Waals surface area contributed by atoms with Gasteiger partial charge in [0.05, 0.1) is 7.11 Å². The van der Waals surface area contributed by atoms with Gasteiger partial charge in [0.2, 0.25) is 0 Å². The van der Waals surface area contributed by atoms with E-state index >= 15 is 0 Å². The molecule has 0 spiro atoms. The molecule has 1 rings (SSSR count). The molecule has 0 aliphatic rings. The molecular formula is C17H29NO2. The van der Waals surface area contributed by atoms with Gasteiger partial charge < -0.3 is 14.8 Å². The van der Waals surface area contributed by atoms with E-state index in [0.29, 0.717) is 6.04 Å². The Morgan fingerprint density at radius 1 is 1.15 bits per heavy atom. The Kier molecular flexibility index (Phi) is 9.09. The Labute approximate surface area is 123 Å². The summed E-state index contributed by atoms with van der Waals surface area (Å²) in [4.78, 5) is 0. The molecule has 0 radical (unpaired) electrons. The fraction of sp³-hybridized carbons (Fsp3) is 0.647. The van der Waals surface area contributed by atoms with Crippen molar-refractivity contribution >= 4 is 0 Å². The Bertz CT molecular complexity index is 355. The molecule has 1 unspecified atom stereocenters. The van der Waals surface area contributed by atoms with Crippen LogP contribution in [0.2, 0.25) is 0 Å². The molecule has 0 bridgehead atoms. The number of rotatable bonds is 11. The van der Waals surface area contributed by atoms with E-state index in [1.165, 1.54) is 12.0 Å². The fourth-order valence-corrected chi connectivity index (χ4v) is 2.14. The second-order valence-electron chi connectivity index (χ2n) is 5.19. The molecule has 114 valence electrons. The standard InChI is InChI=1S/C17H29NO2/c1-4-5-12-20-13-8-11-18-15(2)14-16-9-6-7-10-17(16)19-3/h6-7,9-10,15,18H,4-5,8,11-14H2,1-3H3. The highest BCUT2D eigenvalue weighted by Crippen LogP contribution is 2.18. The average Bonchev–Trinajstić information content (AvgIpc) is 2.47. The van der Waals surface area contributed by atoms with E-state index in [9.17, 15) is 0 Å². The van der Waals surface area contributed by atoms with Gasteiger partial charge in [0, 0.05) is 19.3 Å². The molecule has 0 saturated heterocycles. The SMILES string of the molecule is CCCCOCCCNC(C)Cc1ccccc1OC. The summed E-state index contributed by atoms with van der Waals surface area (Å²) in [6.07, 6.45) is 4.42. The van der Waals surface area contributed by atoms with Crippen LogP contribution in [0.25, 0.3) is 0 Å². The van der Waals surface area contributed by atoms with E-state index in [0.717, 1.165) is 44.8 Å². The number of ether oxygens (including phenoxy) is 2. The molecule has 0 amide bonds. The van der Waals surface area contributed by atoms with Crippen molar-refractivity contribution in [3.05, 3.63) is 29.8 Å². The van der Waals surface area contributed by atoms with E-state index in [1.807, 2.05) is 12.1 Å². The Morgan fingerprint density at radius 3 is 2.65 bits per heavy atom. The number of unbranched alkanes of at least 4 members (excludes halogenated alkanes) is 1. The van der Waals surface area contributed by atoms with Gasteiger partial charge in [-0.05, 0) is 44.4 Å². The van der Waals surface area contributed by atoms with Crippen molar-refractivity contribution < 1.29 is 9.47 Å². The molecule has 0 aromatic heterocycles. The van der Waals surface area contributed by atoms with Gasteiger partial charge in [-0.2, -0.15) is 0 Å². The van der Waals surface area contributed by atoms with Crippen LogP contribution in [0.3, 0.4) is 0 Å². The highest BCUT2D eigenvalue weighted by Gasteiger charge is 2.06. The van der Waals surface area contributed by atoms with Crippen LogP contribution < -0.4 is 10.1 Å². The Morgan fingerprint density at radius 2 is 1.90 bits per heavy atom. The van der Waals surface area contributed by atoms with Crippen LogP contribution >= 0.6 is 0 Å². The lowest BCUT2D eigenvalue weighted by Gasteiger charge is -2.15. The van der Waals surface area contributed by atoms with Gasteiger partial charge in [0.15, 0.2) is 0 Å². The number of benzene rings is 1. The molecule has 1 aromatic rings. The van der Waals surface area contributed by atoms with Crippen LogP contribution in [-0.4, -0.2) is 32.9 Å². The summed E-state index contributed by atoms with van der Waals surface area (Å²) < 4.78 is 10.9. The van der Waals surface area contributed by atoms with Crippen molar-refractivity contribution in [2.45, 2.75) is 45.6 Å². The third kappa shape index (κ3) is 6.92. The summed E-state index contributed by atoms with van der Waals surface area (Å²) in [5.41, 5.74) is 1.26. The minimum absolute atomic E-state index is 0.446. The molecule has 0 aliphatic carbocycles. The molecule has 0 fully saturated rings. The zero-order chi connectivity index (χ0) is 14.6. The quantitative estimate of drug-likeness (QED) is 0.630. The normalized spacial score (nSPS) is 12.3. The molecule has 1 atom stereocenters. The molecule has 1 N–H and O–H groups in total. The van der Waals surface area contributed by atoms with Crippen LogP contribution in [0, 0.1) is 0 Å². The molecule has 0 heterocycles. The van der Waals surface area contributed by atoms with E-state index in [-0.39, 0.29) is 0 Å². The smallest absolute Gasteiger partial charge is 0.122 e. The zero-order valence-electron chi connectivity index (χ0n) is 13.2. The molecule has 3 nitrogen and oxygen atoms in total. The minimum atomic E-state index is 0.446. The fourth-order valence-electron chi connectivity index (χ4n) is 2.14. The number of nitrogens with one attached hydrogen (secondary N) is 1. The number of hydrogen-bond acceptors (Lipinski definition) is 3. The van der Waals surface area contributed by atoms with E-state index in [2.05, 4.69) is 31.3 Å². The number of hydrogen-bond donors (Lipinski definition) is 1. The van der Waals surface area contributed by atoms with Gasteiger partial charge in [-0.3, -0.25) is 0 Å². The maximum atomic E-state index is 5.55. The topological polar surface area (TPSA) is 30.5 Å². The Balaban J connectivity index is 2.15. The van der Waals surface area contributed by atoms with Crippen LogP contribution in [0.1, 0.15) is 38.7 Å². The Hall–Kier alpha value is -1.06. The van der Waals surface area contributed by atoms with E-state index in [4.69, 9.17) is 9.47 Å². The van der Waals surface area contributed by atoms with Crippen molar-refractivity contribution in [1.82, 2.24) is 5.32 Å². The molecule has 20 heavy (non-hydrogen) atoms. The predicted molar refractivity (Wildman–Crippen MR) is 84.5 cm³/mol. The molecule has 0 saturated carbocycles. The summed E-state index contributed by atoms with van der Waals surface area (Å²) >= 11 is 0. The first-order valence-electron chi connectivity index (χ1n) is 7.71. The van der Waals surface area contributed by atoms with Gasteiger partial charge in [-0.1, -0.05) is 31.5 Å². The summed E-state index contributed by atoms with van der Waals surface area (Å²) in [5.74, 6) is 0.976. The largest absolute Gasteiger partial charge is 0.496 e. The van der Waals surface area contributed by atoms with Crippen molar-refractivity contribution in [1.29, 1.82) is 0 Å². The molecule has 0 aliphatic heterocycles. The van der Waals surface area contributed by atoms with Crippen molar-refractivity contribution in [3.63, 3.8) is 0 Å². The van der Waals surface area contributed by atoms with Gasteiger partial charge in [0.25, 0.3) is 0 Å². The first-order chi connectivity index (χ1) is 9.77. The van der Waals surface area contributed by atoms with E-state index in [1.54, 1.807) is 7.11 Å². The number of methoxy groups -OCH3 is 1. The van der Waals surface area contributed by atoms with Crippen molar-refractivity contribution in [3.8, 4) is 5.75 Å². The third-order valence-electron chi connectivity index (χ3n) is 3.32. The van der Waals surface area contributed by atoms with Gasteiger partial charge >= 0.3 is 0 Å². The maximum absolute atomic E-state index is 5.55. The summed E-state index contributed by atoms with van der Waals surface area (Å²) in [5, 5.41) is 3.54. The summed E-state index contributed by atoms with van der Waals surface area (Å²) in [6.45, 7) is 7.15. The maximum Gasteiger partial charge on any atom is 0.122 e. The molecule has 3 heteroatoms. The lowest BCUT2D eigenvalue weighted by atomic mass is 10.1. The third-order valence-corrected chi connectivity index (χ3v) is 3.32. The zero-order valence-corrected chi connectivity index (χ0v) is 13.2. The van der Waals surface area contributed by atoms with Crippen LogP contribution in [0.15, 0.2) is 24.3 Å². The average molecular weight is 279 g/mol. The monoisotopic (exact) mass is 279 g/mol. The lowest BCUT2D eigenvalue weighted by molar-refractivity contribution is 0.128. The van der Waals surface area contributed by atoms with Gasteiger partial charge in [-0.15, -0.1) is 0 Å². The molecule has 1 aromatic carbocycles. The lowest BCUT2D eigenvalue weighted by Crippen LogP contribution is -2.29. The van der Waals surface area contributed by atoms with Crippen molar-refractivity contribution in [2.24, 2.45) is 0 Å². The highest BCUT2D eigenvalue weighted by molar-refractivity contribution is 5.33. The second-order valence-corrected chi connectivity index (χ2v) is 5.19. The first-order valence-corrected chi connectivity index (χ1v) is 7.71. The van der Waals surface area contributed by atoms with Crippen LogP contribution in [0.5, 0.6) is 5.75 Å². The predicted octanol–water partition coefficient (Wildman–Crippen LogP) is 3.42. The highest BCUT2D eigenvalue weighted by atomic mass is 16.5. The van der Waals surface area contributed by atoms with Crippen LogP contribution in [0.4, 0.5) is 0 Å². The number of para-hydroxylation sites is 1. The van der Waals surface area contributed by atoms with Gasteiger partial charge in [0.1, 0.15) is 5.75 Å². The summed E-state index contributed by atoms with van der Waals surface area (Å²) in [6, 6.07) is 8.66. The second kappa shape index (κ2) is 10.7. The molecular weight excluding hydrogens is 250 g/mol. The first kappa shape index (κ1) is 17.0. The summed E-state index contributed by atoms with van der Waals surface area (Å²) in [7, 11) is 1.73. The minimum Gasteiger partial charge on any atom is -0.496 e. The van der Waals surface area contributed by atoms with Crippen molar-refractivity contribution in [2.75, 3.05) is 26.9 Å². The van der Waals surface area contributed by atoms with Gasteiger partial charge in [-0.25, -0.2) is 0 Å². The van der Waals surface area contributed by atoms with Crippen LogP contribution in [-0.2, 0) is 11.2 Å².